The van der Waals surface area contributed by atoms with Gasteiger partial charge in [-0.15, -0.1) is 22.9 Å². The van der Waals surface area contributed by atoms with Gasteiger partial charge in [0, 0.05) is 12.4 Å². The molecule has 0 fully saturated rings. The molecule has 3 aromatic rings. The second-order valence-corrected chi connectivity index (χ2v) is 5.77. The van der Waals surface area contributed by atoms with Crippen molar-refractivity contribution in [1.29, 1.82) is 0 Å². The van der Waals surface area contributed by atoms with E-state index in [-0.39, 0.29) is 0 Å². The summed E-state index contributed by atoms with van der Waals surface area (Å²) in [6.07, 6.45) is 1.61. The minimum absolute atomic E-state index is 0.550. The Balaban J connectivity index is 1.79. The number of benzene rings is 1. The van der Waals surface area contributed by atoms with Gasteiger partial charge in [-0.25, -0.2) is 9.97 Å². The Morgan fingerprint density at radius 1 is 1.15 bits per heavy atom. The van der Waals surface area contributed by atoms with Crippen LogP contribution in [-0.4, -0.2) is 9.97 Å². The maximum absolute atomic E-state index is 5.79. The molecular formula is C15H14ClN3S. The molecule has 2 aromatic heterocycles. The van der Waals surface area contributed by atoms with Crippen molar-refractivity contribution in [3.8, 4) is 0 Å². The fraction of sp³-hybridized carbons (Fsp3) is 0.200. The second kappa shape index (κ2) is 5.77. The van der Waals surface area contributed by atoms with Gasteiger partial charge in [0.05, 0.1) is 10.2 Å². The zero-order chi connectivity index (χ0) is 13.9. The van der Waals surface area contributed by atoms with Gasteiger partial charge in [-0.2, -0.15) is 0 Å². The average Bonchev–Trinajstić information content (AvgIpc) is 2.88. The first kappa shape index (κ1) is 13.3. The van der Waals surface area contributed by atoms with Crippen LogP contribution in [-0.2, 0) is 12.4 Å². The van der Waals surface area contributed by atoms with Gasteiger partial charge in [-0.3, -0.25) is 0 Å². The lowest BCUT2D eigenvalue weighted by Crippen LogP contribution is -2.01. The fourth-order valence-corrected chi connectivity index (χ4v) is 3.17. The van der Waals surface area contributed by atoms with Crippen LogP contribution in [0.15, 0.2) is 36.0 Å². The number of alkyl halides is 1. The SMILES string of the molecule is Cc1csc2c(NCc3ccc(CCl)cc3)ncnc12. The highest BCUT2D eigenvalue weighted by Gasteiger charge is 2.07. The predicted molar refractivity (Wildman–Crippen MR) is 85.5 cm³/mol. The molecule has 102 valence electrons. The third kappa shape index (κ3) is 2.62. The van der Waals surface area contributed by atoms with E-state index in [0.29, 0.717) is 5.88 Å². The number of nitrogens with one attached hydrogen (secondary N) is 1. The lowest BCUT2D eigenvalue weighted by molar-refractivity contribution is 1.10. The van der Waals surface area contributed by atoms with Crippen molar-refractivity contribution >= 4 is 39.0 Å². The van der Waals surface area contributed by atoms with E-state index in [2.05, 4.69) is 51.9 Å². The topological polar surface area (TPSA) is 37.8 Å². The van der Waals surface area contributed by atoms with Gasteiger partial charge in [0.2, 0.25) is 0 Å². The molecule has 0 aliphatic rings. The van der Waals surface area contributed by atoms with E-state index in [1.165, 1.54) is 11.1 Å². The van der Waals surface area contributed by atoms with Crippen LogP contribution in [0.3, 0.4) is 0 Å². The lowest BCUT2D eigenvalue weighted by atomic mass is 10.1. The molecule has 3 nitrogen and oxygen atoms in total. The maximum Gasteiger partial charge on any atom is 0.147 e. The number of hydrogen-bond acceptors (Lipinski definition) is 4. The van der Waals surface area contributed by atoms with E-state index in [4.69, 9.17) is 11.6 Å². The maximum atomic E-state index is 5.79. The molecule has 1 N–H and O–H groups in total. The molecule has 1 aromatic carbocycles. The number of thiophene rings is 1. The zero-order valence-electron chi connectivity index (χ0n) is 11.1. The first-order chi connectivity index (χ1) is 9.78. The number of aryl methyl sites for hydroxylation is 1. The number of halogens is 1. The smallest absolute Gasteiger partial charge is 0.147 e. The molecule has 0 aliphatic carbocycles. The molecule has 0 amide bonds. The molecule has 0 saturated carbocycles. The van der Waals surface area contributed by atoms with Crippen molar-refractivity contribution in [1.82, 2.24) is 9.97 Å². The minimum atomic E-state index is 0.550. The number of aromatic nitrogens is 2. The Bertz CT molecular complexity index is 722. The number of rotatable bonds is 4. The van der Waals surface area contributed by atoms with Gasteiger partial charge >= 0.3 is 0 Å². The average molecular weight is 304 g/mol. The van der Waals surface area contributed by atoms with Crippen molar-refractivity contribution in [2.45, 2.75) is 19.3 Å². The number of nitrogens with zero attached hydrogens (tertiary/aromatic N) is 2. The van der Waals surface area contributed by atoms with Crippen LogP contribution in [0.4, 0.5) is 5.82 Å². The Hall–Kier alpha value is -1.65. The summed E-state index contributed by atoms with van der Waals surface area (Å²) in [7, 11) is 0. The highest BCUT2D eigenvalue weighted by Crippen LogP contribution is 2.28. The molecule has 3 rings (SSSR count). The van der Waals surface area contributed by atoms with Gasteiger partial charge < -0.3 is 5.32 Å². The van der Waals surface area contributed by atoms with Gasteiger partial charge in [0.1, 0.15) is 12.1 Å². The lowest BCUT2D eigenvalue weighted by Gasteiger charge is -2.07. The summed E-state index contributed by atoms with van der Waals surface area (Å²) in [4.78, 5) is 8.66. The summed E-state index contributed by atoms with van der Waals surface area (Å²) in [5, 5.41) is 5.49. The monoisotopic (exact) mass is 303 g/mol. The molecule has 0 saturated heterocycles. The third-order valence-corrected chi connectivity index (χ3v) is 4.57. The molecule has 0 spiro atoms. The van der Waals surface area contributed by atoms with Crippen LogP contribution in [0.25, 0.3) is 10.2 Å². The summed E-state index contributed by atoms with van der Waals surface area (Å²) in [5.41, 5.74) is 4.57. The molecule has 0 radical (unpaired) electrons. The van der Waals surface area contributed by atoms with Crippen LogP contribution >= 0.6 is 22.9 Å². The van der Waals surface area contributed by atoms with Crippen molar-refractivity contribution in [3.63, 3.8) is 0 Å². The molecule has 0 unspecified atom stereocenters. The molecule has 2 heterocycles. The van der Waals surface area contributed by atoms with Crippen LogP contribution in [0, 0.1) is 6.92 Å². The Kier molecular flexibility index (Phi) is 3.85. The Morgan fingerprint density at radius 3 is 2.65 bits per heavy atom. The molecule has 0 aliphatic heterocycles. The number of fused-ring (bicyclic) bond motifs is 1. The summed E-state index contributed by atoms with van der Waals surface area (Å²) < 4.78 is 1.11. The van der Waals surface area contributed by atoms with E-state index in [9.17, 15) is 0 Å². The largest absolute Gasteiger partial charge is 0.365 e. The summed E-state index contributed by atoms with van der Waals surface area (Å²) >= 11 is 7.47. The van der Waals surface area contributed by atoms with Crippen LogP contribution < -0.4 is 5.32 Å². The van der Waals surface area contributed by atoms with Gasteiger partial charge in [0.15, 0.2) is 0 Å². The minimum Gasteiger partial charge on any atom is -0.365 e. The summed E-state index contributed by atoms with van der Waals surface area (Å²) in [6, 6.07) is 8.27. The van der Waals surface area contributed by atoms with Crippen molar-refractivity contribution < 1.29 is 0 Å². The van der Waals surface area contributed by atoms with Crippen molar-refractivity contribution in [2.24, 2.45) is 0 Å². The zero-order valence-corrected chi connectivity index (χ0v) is 12.6. The number of hydrogen-bond donors (Lipinski definition) is 1. The quantitative estimate of drug-likeness (QED) is 0.728. The van der Waals surface area contributed by atoms with Gasteiger partial charge in [-0.1, -0.05) is 24.3 Å². The standard InChI is InChI=1S/C15H14ClN3S/c1-10-8-20-14-13(10)18-9-19-15(14)17-7-12-4-2-11(6-16)3-5-12/h2-5,8-9H,6-7H2,1H3,(H,17,18,19). The van der Waals surface area contributed by atoms with Crippen LogP contribution in [0.1, 0.15) is 16.7 Å². The predicted octanol–water partition coefficient (Wildman–Crippen LogP) is 4.35. The van der Waals surface area contributed by atoms with E-state index in [1.807, 2.05) is 0 Å². The molecule has 0 bridgehead atoms. The van der Waals surface area contributed by atoms with E-state index < -0.39 is 0 Å². The van der Waals surface area contributed by atoms with Gasteiger partial charge in [-0.05, 0) is 29.0 Å². The molecular weight excluding hydrogens is 290 g/mol. The van der Waals surface area contributed by atoms with E-state index in [0.717, 1.165) is 28.1 Å². The molecule has 5 heteroatoms. The van der Waals surface area contributed by atoms with Crippen molar-refractivity contribution in [2.75, 3.05) is 5.32 Å². The summed E-state index contributed by atoms with van der Waals surface area (Å²) in [6.45, 7) is 2.81. The van der Waals surface area contributed by atoms with E-state index in [1.54, 1.807) is 17.7 Å². The normalized spacial score (nSPS) is 10.9. The molecule has 20 heavy (non-hydrogen) atoms. The third-order valence-electron chi connectivity index (χ3n) is 3.17. The van der Waals surface area contributed by atoms with E-state index >= 15 is 0 Å². The van der Waals surface area contributed by atoms with Crippen LogP contribution in [0.5, 0.6) is 0 Å². The molecule has 0 atom stereocenters. The fourth-order valence-electron chi connectivity index (χ4n) is 2.03. The van der Waals surface area contributed by atoms with Crippen LogP contribution in [0.2, 0.25) is 0 Å². The Morgan fingerprint density at radius 2 is 1.90 bits per heavy atom. The number of anilines is 1. The van der Waals surface area contributed by atoms with Gasteiger partial charge in [0.25, 0.3) is 0 Å². The Labute approximate surface area is 126 Å². The van der Waals surface area contributed by atoms with Crippen molar-refractivity contribution in [3.05, 3.63) is 52.7 Å². The highest BCUT2D eigenvalue weighted by molar-refractivity contribution is 7.18. The first-order valence-electron chi connectivity index (χ1n) is 6.34. The summed E-state index contributed by atoms with van der Waals surface area (Å²) in [5.74, 6) is 1.45. The highest BCUT2D eigenvalue weighted by atomic mass is 35.5. The second-order valence-electron chi connectivity index (χ2n) is 4.62. The first-order valence-corrected chi connectivity index (χ1v) is 7.76.